The molecule has 180 valence electrons. The number of anilines is 1. The van der Waals surface area contributed by atoms with Gasteiger partial charge in [-0.3, -0.25) is 9.59 Å². The van der Waals surface area contributed by atoms with Gasteiger partial charge in [0, 0.05) is 36.6 Å². The van der Waals surface area contributed by atoms with Gasteiger partial charge in [-0.1, -0.05) is 0 Å². The number of pyridine rings is 1. The number of hydrogen-bond donors (Lipinski definition) is 2. The standard InChI is InChI=1S/C22H20F4N4O4/c1-10-17-13(19(31)14(20(32)33)9-30(17)12-3-4-12)5-15(23)18(10)29-7-11(8-29)16(6-27-2)28-21(34)22(24,25)26/h5,9,11-12,16H,3-4,6-8H2,1H3,(H,28,34)(H,32,33). The van der Waals surface area contributed by atoms with Gasteiger partial charge in [0.2, 0.25) is 12.0 Å². The highest BCUT2D eigenvalue weighted by atomic mass is 19.4. The van der Waals surface area contributed by atoms with Crippen LogP contribution in [-0.4, -0.2) is 53.4 Å². The van der Waals surface area contributed by atoms with Crippen LogP contribution in [0.2, 0.25) is 0 Å². The molecule has 1 aromatic carbocycles. The van der Waals surface area contributed by atoms with Crippen LogP contribution in [0.1, 0.15) is 34.8 Å². The number of carboxylic acid groups (broad SMARTS) is 1. The van der Waals surface area contributed by atoms with Gasteiger partial charge in [0.1, 0.15) is 17.4 Å². The van der Waals surface area contributed by atoms with Crippen LogP contribution in [0.5, 0.6) is 0 Å². The van der Waals surface area contributed by atoms with Crippen LogP contribution in [0.15, 0.2) is 17.1 Å². The Bertz CT molecular complexity index is 1290. The van der Waals surface area contributed by atoms with Crippen LogP contribution in [-0.2, 0) is 4.79 Å². The number of halogens is 4. The van der Waals surface area contributed by atoms with Crippen LogP contribution < -0.4 is 15.6 Å². The van der Waals surface area contributed by atoms with Gasteiger partial charge in [0.25, 0.3) is 0 Å². The molecule has 2 heterocycles. The minimum atomic E-state index is -5.08. The van der Waals surface area contributed by atoms with Gasteiger partial charge in [-0.2, -0.15) is 13.2 Å². The Labute approximate surface area is 190 Å². The molecule has 1 aromatic heterocycles. The number of carboxylic acids is 1. The molecule has 2 N–H and O–H groups in total. The zero-order chi connectivity index (χ0) is 24.9. The van der Waals surface area contributed by atoms with Crippen molar-refractivity contribution in [2.45, 2.75) is 38.0 Å². The van der Waals surface area contributed by atoms with E-state index in [9.17, 15) is 32.7 Å². The van der Waals surface area contributed by atoms with Gasteiger partial charge >= 0.3 is 18.1 Å². The lowest BCUT2D eigenvalue weighted by Gasteiger charge is -2.44. The molecule has 12 heteroatoms. The van der Waals surface area contributed by atoms with Crippen molar-refractivity contribution in [2.75, 3.05) is 24.5 Å². The second kappa shape index (κ2) is 8.30. The van der Waals surface area contributed by atoms with E-state index >= 15 is 4.39 Å². The third-order valence-corrected chi connectivity index (χ3v) is 6.31. The van der Waals surface area contributed by atoms with E-state index in [1.54, 1.807) is 16.4 Å². The summed E-state index contributed by atoms with van der Waals surface area (Å²) in [5, 5.41) is 11.2. The summed E-state index contributed by atoms with van der Waals surface area (Å²) in [6, 6.07) is -0.0572. The number of nitrogens with one attached hydrogen (secondary N) is 1. The molecule has 1 saturated heterocycles. The van der Waals surface area contributed by atoms with E-state index in [1.165, 1.54) is 6.20 Å². The molecule has 0 bridgehead atoms. The number of hydrogen-bond acceptors (Lipinski definition) is 4. The molecule has 4 rings (SSSR count). The summed E-state index contributed by atoms with van der Waals surface area (Å²) < 4.78 is 54.7. The van der Waals surface area contributed by atoms with Gasteiger partial charge in [-0.05, 0) is 31.4 Å². The summed E-state index contributed by atoms with van der Waals surface area (Å²) in [6.07, 6.45) is -2.24. The molecule has 2 fully saturated rings. The SMILES string of the molecule is [C-]#[N+]CC(NC(=O)C(F)(F)F)C1CN(c2c(F)cc3c(=O)c(C(=O)O)cn(C4CC4)c3c2C)C1. The number of fused-ring (bicyclic) bond motifs is 1. The fraction of sp³-hybridized carbons (Fsp3) is 0.455. The quantitative estimate of drug-likeness (QED) is 0.490. The van der Waals surface area contributed by atoms with Crippen molar-refractivity contribution < 1.29 is 32.3 Å². The number of aryl methyl sites for hydroxylation is 1. The van der Waals surface area contributed by atoms with Crippen molar-refractivity contribution in [1.82, 2.24) is 9.88 Å². The van der Waals surface area contributed by atoms with Crippen molar-refractivity contribution >= 4 is 28.5 Å². The van der Waals surface area contributed by atoms with E-state index in [4.69, 9.17) is 6.57 Å². The third-order valence-electron chi connectivity index (χ3n) is 6.31. The highest BCUT2D eigenvalue weighted by molar-refractivity contribution is 5.95. The van der Waals surface area contributed by atoms with Crippen LogP contribution >= 0.6 is 0 Å². The average molecular weight is 480 g/mol. The number of rotatable bonds is 6. The summed E-state index contributed by atoms with van der Waals surface area (Å²) in [6.45, 7) is 8.44. The number of amides is 1. The summed E-state index contributed by atoms with van der Waals surface area (Å²) >= 11 is 0. The third kappa shape index (κ3) is 4.06. The van der Waals surface area contributed by atoms with Crippen LogP contribution in [0.25, 0.3) is 15.7 Å². The first-order valence-corrected chi connectivity index (χ1v) is 10.5. The zero-order valence-electron chi connectivity index (χ0n) is 17.9. The molecule has 8 nitrogen and oxygen atoms in total. The minimum Gasteiger partial charge on any atom is -0.477 e. The molecule has 1 amide bonds. The highest BCUT2D eigenvalue weighted by Gasteiger charge is 2.44. The first-order valence-electron chi connectivity index (χ1n) is 10.5. The summed E-state index contributed by atoms with van der Waals surface area (Å²) in [7, 11) is 0. The van der Waals surface area contributed by atoms with Gasteiger partial charge in [0.15, 0.2) is 0 Å². The van der Waals surface area contributed by atoms with Gasteiger partial charge in [-0.15, -0.1) is 0 Å². The maximum absolute atomic E-state index is 15.2. The van der Waals surface area contributed by atoms with Crippen molar-refractivity contribution in [3.05, 3.63) is 50.8 Å². The van der Waals surface area contributed by atoms with Gasteiger partial charge in [0.05, 0.1) is 11.2 Å². The van der Waals surface area contributed by atoms with Crippen LogP contribution in [0, 0.1) is 25.2 Å². The number of carbonyl (C=O) groups is 2. The number of nitrogens with zero attached hydrogens (tertiary/aromatic N) is 3. The Hall–Kier alpha value is -3.62. The van der Waals surface area contributed by atoms with Crippen molar-refractivity contribution in [2.24, 2.45) is 5.92 Å². The molecule has 2 aromatic rings. The molecular weight excluding hydrogens is 460 g/mol. The predicted molar refractivity (Wildman–Crippen MR) is 113 cm³/mol. The summed E-state index contributed by atoms with van der Waals surface area (Å²) in [4.78, 5) is 40.2. The average Bonchev–Trinajstić information content (AvgIpc) is 3.54. The monoisotopic (exact) mass is 480 g/mol. The number of benzene rings is 1. The molecule has 1 saturated carbocycles. The highest BCUT2D eigenvalue weighted by Crippen LogP contribution is 2.41. The van der Waals surface area contributed by atoms with Gasteiger partial charge in [-0.25, -0.2) is 15.8 Å². The Morgan fingerprint density at radius 2 is 1.97 bits per heavy atom. The van der Waals surface area contributed by atoms with E-state index < -0.39 is 46.8 Å². The fourth-order valence-electron chi connectivity index (χ4n) is 4.46. The van der Waals surface area contributed by atoms with E-state index in [0.717, 1.165) is 18.9 Å². The zero-order valence-corrected chi connectivity index (χ0v) is 17.9. The Morgan fingerprint density at radius 1 is 1.32 bits per heavy atom. The first kappa shape index (κ1) is 23.5. The normalized spacial score (nSPS) is 17.2. The predicted octanol–water partition coefficient (Wildman–Crippen LogP) is 2.88. The van der Waals surface area contributed by atoms with Crippen molar-refractivity contribution in [1.29, 1.82) is 0 Å². The molecule has 0 radical (unpaired) electrons. The maximum Gasteiger partial charge on any atom is 0.471 e. The Kier molecular flexibility index (Phi) is 5.75. The minimum absolute atomic E-state index is 0.0111. The number of carbonyl (C=O) groups excluding carboxylic acids is 1. The second-order valence-corrected chi connectivity index (χ2v) is 8.63. The Balaban J connectivity index is 1.67. The lowest BCUT2D eigenvalue weighted by molar-refractivity contribution is -0.174. The molecule has 2 aliphatic rings. The van der Waals surface area contributed by atoms with Gasteiger partial charge < -0.3 is 24.7 Å². The van der Waals surface area contributed by atoms with Crippen LogP contribution in [0.4, 0.5) is 23.2 Å². The molecule has 1 aliphatic heterocycles. The number of aromatic carboxylic acids is 1. The topological polar surface area (TPSA) is 96.0 Å². The summed E-state index contributed by atoms with van der Waals surface area (Å²) in [5.74, 6) is -4.79. The molecule has 1 unspecified atom stereocenters. The molecule has 34 heavy (non-hydrogen) atoms. The number of aromatic nitrogens is 1. The fourth-order valence-corrected chi connectivity index (χ4v) is 4.46. The second-order valence-electron chi connectivity index (χ2n) is 8.63. The molecule has 0 spiro atoms. The molecular formula is C22H20F4N4O4. The maximum atomic E-state index is 15.2. The summed E-state index contributed by atoms with van der Waals surface area (Å²) in [5.41, 5.74) is -0.251. The van der Waals surface area contributed by atoms with Crippen molar-refractivity contribution in [3.8, 4) is 0 Å². The van der Waals surface area contributed by atoms with Crippen LogP contribution in [0.3, 0.4) is 0 Å². The first-order chi connectivity index (χ1) is 15.9. The van der Waals surface area contributed by atoms with E-state index in [-0.39, 0.29) is 36.7 Å². The Morgan fingerprint density at radius 3 is 2.50 bits per heavy atom. The van der Waals surface area contributed by atoms with Crippen molar-refractivity contribution in [3.63, 3.8) is 0 Å². The van der Waals surface area contributed by atoms with E-state index in [1.807, 2.05) is 5.32 Å². The number of alkyl halides is 3. The lowest BCUT2D eigenvalue weighted by Crippen LogP contribution is -2.59. The molecule has 1 atom stereocenters. The van der Waals surface area contributed by atoms with E-state index in [2.05, 4.69) is 4.85 Å². The smallest absolute Gasteiger partial charge is 0.471 e. The van der Waals surface area contributed by atoms with E-state index in [0.29, 0.717) is 11.1 Å². The molecule has 1 aliphatic carbocycles. The largest absolute Gasteiger partial charge is 0.477 e. The lowest BCUT2D eigenvalue weighted by atomic mass is 9.89.